The van der Waals surface area contributed by atoms with E-state index in [1.165, 1.54) is 32.1 Å². The summed E-state index contributed by atoms with van der Waals surface area (Å²) in [6, 6.07) is 5.22. The number of nitrogens with zero attached hydrogens (tertiary/aromatic N) is 7. The van der Waals surface area contributed by atoms with Crippen LogP contribution in [0.25, 0.3) is 0 Å². The van der Waals surface area contributed by atoms with E-state index in [-0.39, 0.29) is 11.9 Å². The average molecular weight is 478 g/mol. The predicted molar refractivity (Wildman–Crippen MR) is 135 cm³/mol. The van der Waals surface area contributed by atoms with E-state index >= 15 is 0 Å². The smallest absolute Gasteiger partial charge is 0.245 e. The maximum atomic E-state index is 13.0. The molecule has 0 aromatic carbocycles. The summed E-state index contributed by atoms with van der Waals surface area (Å²) in [7, 11) is 3.66. The van der Waals surface area contributed by atoms with Gasteiger partial charge in [-0.3, -0.25) is 4.79 Å². The summed E-state index contributed by atoms with van der Waals surface area (Å²) in [6.45, 7) is 1.96. The van der Waals surface area contributed by atoms with Gasteiger partial charge >= 0.3 is 0 Å². The number of hydrogen-bond donors (Lipinski definition) is 2. The van der Waals surface area contributed by atoms with Gasteiger partial charge in [0.15, 0.2) is 11.6 Å². The maximum Gasteiger partial charge on any atom is 0.245 e. The summed E-state index contributed by atoms with van der Waals surface area (Å²) in [4.78, 5) is 28.8. The number of amides is 1. The van der Waals surface area contributed by atoms with Crippen LogP contribution in [0.15, 0.2) is 18.3 Å². The topological polar surface area (TPSA) is 102 Å². The molecule has 2 aromatic rings. The Bertz CT molecular complexity index is 1060. The second-order valence-electron chi connectivity index (χ2n) is 10.6. The van der Waals surface area contributed by atoms with Crippen LogP contribution < -0.4 is 20.4 Å². The zero-order valence-corrected chi connectivity index (χ0v) is 20.7. The molecule has 1 aliphatic carbocycles. The Morgan fingerprint density at radius 3 is 2.51 bits per heavy atom. The molecule has 10 heteroatoms. The maximum absolute atomic E-state index is 13.0. The molecule has 3 aliphatic heterocycles. The summed E-state index contributed by atoms with van der Waals surface area (Å²) in [5.41, 5.74) is 1.04. The first kappa shape index (κ1) is 22.5. The molecule has 6 rings (SSSR count). The van der Waals surface area contributed by atoms with E-state index in [1.807, 2.05) is 32.4 Å². The highest BCUT2D eigenvalue weighted by Gasteiger charge is 2.41. The molecular weight excluding hydrogens is 442 g/mol. The van der Waals surface area contributed by atoms with Gasteiger partial charge in [-0.25, -0.2) is 4.98 Å². The molecule has 4 aliphatic rings. The van der Waals surface area contributed by atoms with Gasteiger partial charge in [0, 0.05) is 63.5 Å². The standard InChI is InChI=1S/C25H35N9O/c1-32(2)24(35)20-12-16-13-26-25(29-23(16)34(20)19-6-4-3-5-7-19)28-21-10-11-22(31-30-21)33-14-17-8-9-18(15-33)27-17/h10-11,13,17-20,27H,3-9,12,14-15H2,1-2H3,(H,26,28,29,30). The molecule has 186 valence electrons. The van der Waals surface area contributed by atoms with Crippen molar-refractivity contribution in [3.05, 3.63) is 23.9 Å². The average Bonchev–Trinajstić information content (AvgIpc) is 3.43. The molecule has 2 N–H and O–H groups in total. The number of carbonyl (C=O) groups is 1. The number of aromatic nitrogens is 4. The minimum absolute atomic E-state index is 0.130. The molecule has 3 fully saturated rings. The highest BCUT2D eigenvalue weighted by atomic mass is 16.2. The van der Waals surface area contributed by atoms with E-state index in [4.69, 9.17) is 4.98 Å². The highest BCUT2D eigenvalue weighted by molar-refractivity contribution is 5.87. The lowest BCUT2D eigenvalue weighted by Crippen LogP contribution is -2.51. The van der Waals surface area contributed by atoms with Crippen LogP contribution in [0.3, 0.4) is 0 Å². The summed E-state index contributed by atoms with van der Waals surface area (Å²) >= 11 is 0. The molecule has 2 bridgehead atoms. The fraction of sp³-hybridized carbons (Fsp3) is 0.640. The van der Waals surface area contributed by atoms with Crippen molar-refractivity contribution in [3.8, 4) is 0 Å². The molecule has 1 amide bonds. The van der Waals surface area contributed by atoms with Gasteiger partial charge in [-0.15, -0.1) is 10.2 Å². The summed E-state index contributed by atoms with van der Waals surface area (Å²) in [6.07, 6.45) is 10.9. The van der Waals surface area contributed by atoms with Gasteiger partial charge in [0.05, 0.1) is 0 Å². The number of carbonyl (C=O) groups excluding carboxylic acids is 1. The minimum Gasteiger partial charge on any atom is -0.352 e. The van der Waals surface area contributed by atoms with Crippen molar-refractivity contribution < 1.29 is 4.79 Å². The zero-order valence-electron chi connectivity index (χ0n) is 20.7. The fourth-order valence-corrected chi connectivity index (χ4v) is 6.23. The minimum atomic E-state index is -0.207. The van der Waals surface area contributed by atoms with Crippen LogP contribution in [0.2, 0.25) is 0 Å². The Hall–Kier alpha value is -3.01. The number of anilines is 4. The van der Waals surface area contributed by atoms with Crippen LogP contribution in [0, 0.1) is 0 Å². The number of piperazine rings is 1. The van der Waals surface area contributed by atoms with E-state index in [0.29, 0.717) is 36.3 Å². The van der Waals surface area contributed by atoms with E-state index in [1.54, 1.807) is 4.90 Å². The predicted octanol–water partition coefficient (Wildman–Crippen LogP) is 2.10. The van der Waals surface area contributed by atoms with Crippen molar-refractivity contribution in [1.29, 1.82) is 0 Å². The van der Waals surface area contributed by atoms with Crippen LogP contribution in [0.1, 0.15) is 50.5 Å². The Morgan fingerprint density at radius 2 is 1.83 bits per heavy atom. The second kappa shape index (κ2) is 9.22. The lowest BCUT2D eigenvalue weighted by atomic mass is 9.93. The van der Waals surface area contributed by atoms with Crippen molar-refractivity contribution >= 4 is 29.3 Å². The SMILES string of the molecule is CN(C)C(=O)C1Cc2cnc(Nc3ccc(N4CC5CCC(C4)N5)nn3)nc2N1C1CCCCC1. The van der Waals surface area contributed by atoms with Gasteiger partial charge in [0.25, 0.3) is 0 Å². The normalized spacial score (nSPS) is 26.1. The molecule has 0 radical (unpaired) electrons. The van der Waals surface area contributed by atoms with E-state index in [2.05, 4.69) is 35.6 Å². The van der Waals surface area contributed by atoms with Gasteiger partial charge in [-0.1, -0.05) is 19.3 Å². The third-order valence-electron chi connectivity index (χ3n) is 7.96. The number of rotatable bonds is 5. The largest absolute Gasteiger partial charge is 0.352 e. The van der Waals surface area contributed by atoms with Crippen molar-refractivity contribution in [1.82, 2.24) is 30.4 Å². The highest BCUT2D eigenvalue weighted by Crippen LogP contribution is 2.37. The first-order valence-corrected chi connectivity index (χ1v) is 13.0. The fourth-order valence-electron chi connectivity index (χ4n) is 6.23. The molecule has 5 heterocycles. The van der Waals surface area contributed by atoms with Crippen LogP contribution in [0.4, 0.5) is 23.4 Å². The second-order valence-corrected chi connectivity index (χ2v) is 10.6. The Balaban J connectivity index is 1.20. The third kappa shape index (κ3) is 4.39. The number of nitrogens with one attached hydrogen (secondary N) is 2. The molecule has 3 atom stereocenters. The van der Waals surface area contributed by atoms with Crippen LogP contribution >= 0.6 is 0 Å². The van der Waals surface area contributed by atoms with Crippen molar-refractivity contribution in [2.45, 2.75) is 75.5 Å². The van der Waals surface area contributed by atoms with E-state index in [0.717, 1.165) is 43.1 Å². The summed E-state index contributed by atoms with van der Waals surface area (Å²) in [5.74, 6) is 3.04. The zero-order chi connectivity index (χ0) is 23.9. The number of likely N-dealkylation sites (N-methyl/N-ethyl adjacent to an activating group) is 1. The Morgan fingerprint density at radius 1 is 1.06 bits per heavy atom. The first-order valence-electron chi connectivity index (χ1n) is 13.0. The molecule has 2 aromatic heterocycles. The molecule has 1 saturated carbocycles. The molecular formula is C25H35N9O. The molecule has 35 heavy (non-hydrogen) atoms. The van der Waals surface area contributed by atoms with Gasteiger partial charge in [0.2, 0.25) is 11.9 Å². The monoisotopic (exact) mass is 477 g/mol. The van der Waals surface area contributed by atoms with Gasteiger partial charge in [-0.05, 0) is 37.8 Å². The lowest BCUT2D eigenvalue weighted by Gasteiger charge is -2.37. The third-order valence-corrected chi connectivity index (χ3v) is 7.96. The van der Waals surface area contributed by atoms with E-state index in [9.17, 15) is 4.79 Å². The Labute approximate surface area is 206 Å². The Kier molecular flexibility index (Phi) is 5.91. The number of fused-ring (bicyclic) bond motifs is 3. The molecule has 0 spiro atoms. The van der Waals surface area contributed by atoms with Gasteiger partial charge in [0.1, 0.15) is 11.9 Å². The molecule has 10 nitrogen and oxygen atoms in total. The molecule has 2 saturated heterocycles. The first-order chi connectivity index (χ1) is 17.0. The summed E-state index contributed by atoms with van der Waals surface area (Å²) in [5, 5.41) is 15.8. The van der Waals surface area contributed by atoms with Crippen LogP contribution in [-0.2, 0) is 11.2 Å². The van der Waals surface area contributed by atoms with E-state index < -0.39 is 0 Å². The van der Waals surface area contributed by atoms with Gasteiger partial charge < -0.3 is 25.3 Å². The van der Waals surface area contributed by atoms with Crippen LogP contribution in [-0.4, -0.2) is 82.3 Å². The quantitative estimate of drug-likeness (QED) is 0.670. The van der Waals surface area contributed by atoms with Crippen LogP contribution in [0.5, 0.6) is 0 Å². The summed E-state index contributed by atoms with van der Waals surface area (Å²) < 4.78 is 0. The lowest BCUT2D eigenvalue weighted by molar-refractivity contribution is -0.130. The van der Waals surface area contributed by atoms with Crippen molar-refractivity contribution in [3.63, 3.8) is 0 Å². The van der Waals surface area contributed by atoms with Gasteiger partial charge in [-0.2, -0.15) is 4.98 Å². The van der Waals surface area contributed by atoms with Crippen molar-refractivity contribution in [2.24, 2.45) is 0 Å². The number of hydrogen-bond acceptors (Lipinski definition) is 9. The van der Waals surface area contributed by atoms with Crippen molar-refractivity contribution in [2.75, 3.05) is 42.3 Å². The molecule has 3 unspecified atom stereocenters.